The van der Waals surface area contributed by atoms with Gasteiger partial charge in [-0.05, 0) is 26.3 Å². The second-order valence-electron chi connectivity index (χ2n) is 5.95. The molecule has 114 valence electrons. The summed E-state index contributed by atoms with van der Waals surface area (Å²) in [7, 11) is 1.52. The van der Waals surface area contributed by atoms with Crippen LogP contribution in [-0.2, 0) is 14.3 Å². The summed E-state index contributed by atoms with van der Waals surface area (Å²) in [5, 5.41) is 3.31. The monoisotopic (exact) mass is 283 g/mol. The largest absolute Gasteiger partial charge is 0.375 e. The van der Waals surface area contributed by atoms with E-state index < -0.39 is 0 Å². The highest BCUT2D eigenvalue weighted by Crippen LogP contribution is 2.28. The molecule has 0 bridgehead atoms. The fourth-order valence-corrected chi connectivity index (χ4v) is 2.99. The Morgan fingerprint density at radius 1 is 1.20 bits per heavy atom. The minimum absolute atomic E-state index is 0.00476. The highest BCUT2D eigenvalue weighted by atomic mass is 16.5. The lowest BCUT2D eigenvalue weighted by molar-refractivity contribution is -0.148. The number of piperidine rings is 1. The standard InChI is InChI=1S/C14H25N3O3/c1-14(4-3-5-15-11-14)13(19)17-8-6-16(7-9-17)12(18)10-20-2/h15H,3-11H2,1-2H3. The Balaban J connectivity index is 1.87. The first-order valence-electron chi connectivity index (χ1n) is 7.34. The summed E-state index contributed by atoms with van der Waals surface area (Å²) in [6, 6.07) is 0. The van der Waals surface area contributed by atoms with Crippen LogP contribution in [0.2, 0.25) is 0 Å². The van der Waals surface area contributed by atoms with Gasteiger partial charge in [0.15, 0.2) is 0 Å². The first-order valence-corrected chi connectivity index (χ1v) is 7.34. The van der Waals surface area contributed by atoms with Crippen LogP contribution in [0.5, 0.6) is 0 Å². The average Bonchev–Trinajstić information content (AvgIpc) is 2.48. The molecule has 20 heavy (non-hydrogen) atoms. The predicted octanol–water partition coefficient (Wildman–Crippen LogP) is -0.307. The molecule has 2 heterocycles. The van der Waals surface area contributed by atoms with Gasteiger partial charge < -0.3 is 19.9 Å². The van der Waals surface area contributed by atoms with Crippen molar-refractivity contribution in [3.63, 3.8) is 0 Å². The first kappa shape index (κ1) is 15.3. The van der Waals surface area contributed by atoms with Crippen LogP contribution in [0.3, 0.4) is 0 Å². The van der Waals surface area contributed by atoms with Crippen molar-refractivity contribution in [2.24, 2.45) is 5.41 Å². The third-order valence-electron chi connectivity index (χ3n) is 4.30. The number of hydrogen-bond acceptors (Lipinski definition) is 4. The average molecular weight is 283 g/mol. The lowest BCUT2D eigenvalue weighted by Gasteiger charge is -2.41. The van der Waals surface area contributed by atoms with Crippen molar-refractivity contribution in [3.05, 3.63) is 0 Å². The van der Waals surface area contributed by atoms with Crippen molar-refractivity contribution in [1.29, 1.82) is 0 Å². The van der Waals surface area contributed by atoms with Gasteiger partial charge in [0.2, 0.25) is 11.8 Å². The Hall–Kier alpha value is -1.14. The van der Waals surface area contributed by atoms with Gasteiger partial charge in [0.25, 0.3) is 0 Å². The Morgan fingerprint density at radius 3 is 2.40 bits per heavy atom. The van der Waals surface area contributed by atoms with Gasteiger partial charge in [0.1, 0.15) is 6.61 Å². The van der Waals surface area contributed by atoms with Crippen LogP contribution >= 0.6 is 0 Å². The number of piperazine rings is 1. The summed E-state index contributed by atoms with van der Waals surface area (Å²) >= 11 is 0. The van der Waals surface area contributed by atoms with Crippen molar-refractivity contribution in [2.75, 3.05) is 53.0 Å². The summed E-state index contributed by atoms with van der Waals surface area (Å²) in [4.78, 5) is 28.0. The highest BCUT2D eigenvalue weighted by Gasteiger charge is 2.38. The fraction of sp³-hybridized carbons (Fsp3) is 0.857. The molecule has 2 aliphatic rings. The Bertz CT molecular complexity index is 359. The van der Waals surface area contributed by atoms with Gasteiger partial charge >= 0.3 is 0 Å². The molecule has 0 aromatic heterocycles. The molecule has 2 aliphatic heterocycles. The van der Waals surface area contributed by atoms with Crippen molar-refractivity contribution in [2.45, 2.75) is 19.8 Å². The van der Waals surface area contributed by atoms with Crippen molar-refractivity contribution in [1.82, 2.24) is 15.1 Å². The van der Waals surface area contributed by atoms with E-state index in [0.717, 1.165) is 25.9 Å². The number of amides is 2. The van der Waals surface area contributed by atoms with Crippen LogP contribution in [-0.4, -0.2) is 74.6 Å². The normalized spacial score (nSPS) is 27.5. The molecule has 2 saturated heterocycles. The number of hydrogen-bond donors (Lipinski definition) is 1. The molecule has 2 rings (SSSR count). The number of carbonyl (C=O) groups excluding carboxylic acids is 2. The summed E-state index contributed by atoms with van der Waals surface area (Å²) < 4.78 is 4.86. The fourth-order valence-electron chi connectivity index (χ4n) is 2.99. The molecule has 2 amide bonds. The topological polar surface area (TPSA) is 61.9 Å². The number of rotatable bonds is 3. The van der Waals surface area contributed by atoms with Crippen LogP contribution in [0.1, 0.15) is 19.8 Å². The van der Waals surface area contributed by atoms with Crippen LogP contribution in [0.4, 0.5) is 0 Å². The van der Waals surface area contributed by atoms with E-state index in [0.29, 0.717) is 26.2 Å². The first-order chi connectivity index (χ1) is 9.57. The Kier molecular flexibility index (Phi) is 4.99. The molecule has 0 aromatic rings. The molecule has 6 heteroatoms. The molecule has 0 aromatic carbocycles. The Labute approximate surface area is 120 Å². The zero-order chi connectivity index (χ0) is 14.6. The van der Waals surface area contributed by atoms with E-state index in [1.807, 2.05) is 11.8 Å². The summed E-state index contributed by atoms with van der Waals surface area (Å²) in [6.07, 6.45) is 2.00. The van der Waals surface area contributed by atoms with Gasteiger partial charge in [-0.15, -0.1) is 0 Å². The third kappa shape index (κ3) is 3.30. The molecule has 0 spiro atoms. The molecule has 1 N–H and O–H groups in total. The Morgan fingerprint density at radius 2 is 1.85 bits per heavy atom. The number of nitrogens with one attached hydrogen (secondary N) is 1. The molecule has 2 fully saturated rings. The molecule has 6 nitrogen and oxygen atoms in total. The van der Waals surface area contributed by atoms with Gasteiger partial charge in [-0.25, -0.2) is 0 Å². The smallest absolute Gasteiger partial charge is 0.248 e. The zero-order valence-electron chi connectivity index (χ0n) is 12.5. The van der Waals surface area contributed by atoms with Crippen molar-refractivity contribution in [3.8, 4) is 0 Å². The van der Waals surface area contributed by atoms with E-state index in [1.54, 1.807) is 4.90 Å². The van der Waals surface area contributed by atoms with Crippen LogP contribution in [0, 0.1) is 5.41 Å². The molecular weight excluding hydrogens is 258 g/mol. The number of ether oxygens (including phenoxy) is 1. The van der Waals surface area contributed by atoms with E-state index >= 15 is 0 Å². The van der Waals surface area contributed by atoms with Crippen LogP contribution < -0.4 is 5.32 Å². The molecule has 1 atom stereocenters. The van der Waals surface area contributed by atoms with Crippen molar-refractivity contribution < 1.29 is 14.3 Å². The van der Waals surface area contributed by atoms with Gasteiger partial charge in [-0.2, -0.15) is 0 Å². The molecule has 1 unspecified atom stereocenters. The van der Waals surface area contributed by atoms with E-state index in [4.69, 9.17) is 4.74 Å². The second kappa shape index (κ2) is 6.54. The quantitative estimate of drug-likeness (QED) is 0.772. The van der Waals surface area contributed by atoms with Crippen molar-refractivity contribution >= 4 is 11.8 Å². The highest BCUT2D eigenvalue weighted by molar-refractivity contribution is 5.83. The van der Waals surface area contributed by atoms with Crippen LogP contribution in [0.25, 0.3) is 0 Å². The number of methoxy groups -OCH3 is 1. The molecular formula is C14H25N3O3. The number of nitrogens with zero attached hydrogens (tertiary/aromatic N) is 2. The lowest BCUT2D eigenvalue weighted by Crippen LogP contribution is -2.56. The predicted molar refractivity (Wildman–Crippen MR) is 75.2 cm³/mol. The summed E-state index contributed by atoms with van der Waals surface area (Å²) in [6.45, 7) is 6.40. The molecule has 0 saturated carbocycles. The SMILES string of the molecule is COCC(=O)N1CCN(C(=O)C2(C)CCCNC2)CC1. The summed E-state index contributed by atoms with van der Waals surface area (Å²) in [5.41, 5.74) is -0.281. The van der Waals surface area contributed by atoms with E-state index in [2.05, 4.69) is 5.32 Å². The summed E-state index contributed by atoms with van der Waals surface area (Å²) in [5.74, 6) is 0.230. The van der Waals surface area contributed by atoms with Gasteiger partial charge in [0, 0.05) is 39.8 Å². The molecule has 0 aliphatic carbocycles. The minimum atomic E-state index is -0.281. The third-order valence-corrected chi connectivity index (χ3v) is 4.30. The maximum atomic E-state index is 12.6. The van der Waals surface area contributed by atoms with E-state index in [-0.39, 0.29) is 23.8 Å². The zero-order valence-corrected chi connectivity index (χ0v) is 12.5. The molecule has 0 radical (unpaired) electrons. The van der Waals surface area contributed by atoms with Gasteiger partial charge in [-0.1, -0.05) is 0 Å². The maximum Gasteiger partial charge on any atom is 0.248 e. The second-order valence-corrected chi connectivity index (χ2v) is 5.95. The maximum absolute atomic E-state index is 12.6. The van der Waals surface area contributed by atoms with E-state index in [1.165, 1.54) is 7.11 Å². The lowest BCUT2D eigenvalue weighted by atomic mass is 9.81. The minimum Gasteiger partial charge on any atom is -0.375 e. The van der Waals surface area contributed by atoms with Gasteiger partial charge in [-0.3, -0.25) is 9.59 Å². The van der Waals surface area contributed by atoms with Crippen LogP contribution in [0.15, 0.2) is 0 Å². The van der Waals surface area contributed by atoms with Gasteiger partial charge in [0.05, 0.1) is 5.41 Å². The number of carbonyl (C=O) groups is 2. The van der Waals surface area contributed by atoms with E-state index in [9.17, 15) is 9.59 Å².